The zero-order chi connectivity index (χ0) is 11.5. The molecule has 2 heterocycles. The number of aryl methyl sites for hydroxylation is 2. The molecule has 88 valence electrons. The van der Waals surface area contributed by atoms with Crippen LogP contribution >= 0.6 is 0 Å². The van der Waals surface area contributed by atoms with E-state index in [4.69, 9.17) is 4.74 Å². The van der Waals surface area contributed by atoms with Crippen molar-refractivity contribution in [2.24, 2.45) is 7.05 Å². The van der Waals surface area contributed by atoms with Gasteiger partial charge in [-0.3, -0.25) is 9.48 Å². The predicted molar refractivity (Wildman–Crippen MR) is 59.3 cm³/mol. The fourth-order valence-corrected chi connectivity index (χ4v) is 1.93. The quantitative estimate of drug-likeness (QED) is 0.800. The monoisotopic (exact) mass is 223 g/mol. The molecule has 0 spiro atoms. The average molecular weight is 223 g/mol. The first kappa shape index (κ1) is 11.1. The molecule has 1 aromatic heterocycles. The smallest absolute Gasteiger partial charge is 0.272 e. The number of rotatable bonds is 2. The fourth-order valence-electron chi connectivity index (χ4n) is 1.93. The van der Waals surface area contributed by atoms with E-state index >= 15 is 0 Å². The lowest BCUT2D eigenvalue weighted by molar-refractivity contribution is 0.0693. The molecule has 0 saturated carbocycles. The number of hydrogen-bond acceptors (Lipinski definition) is 3. The molecule has 0 bridgehead atoms. The lowest BCUT2D eigenvalue weighted by Crippen LogP contribution is -2.39. The van der Waals surface area contributed by atoms with Gasteiger partial charge in [-0.1, -0.05) is 0 Å². The first-order chi connectivity index (χ1) is 7.66. The van der Waals surface area contributed by atoms with Gasteiger partial charge in [0.2, 0.25) is 0 Å². The van der Waals surface area contributed by atoms with E-state index in [1.54, 1.807) is 4.68 Å². The molecule has 5 nitrogen and oxygen atoms in total. The Balaban J connectivity index is 1.99. The maximum absolute atomic E-state index is 11.9. The summed E-state index contributed by atoms with van der Waals surface area (Å²) in [7, 11) is 1.82. The van der Waals surface area contributed by atoms with Crippen LogP contribution in [-0.4, -0.2) is 34.9 Å². The number of carbonyl (C=O) groups is 1. The van der Waals surface area contributed by atoms with Crippen LogP contribution < -0.4 is 5.32 Å². The molecule has 1 N–H and O–H groups in total. The van der Waals surface area contributed by atoms with E-state index in [0.717, 1.165) is 31.6 Å². The number of carbonyl (C=O) groups excluding carboxylic acids is 1. The Hall–Kier alpha value is -1.36. The summed E-state index contributed by atoms with van der Waals surface area (Å²) in [5.74, 6) is -0.0787. The summed E-state index contributed by atoms with van der Waals surface area (Å²) in [4.78, 5) is 11.9. The molecular weight excluding hydrogens is 206 g/mol. The van der Waals surface area contributed by atoms with Crippen molar-refractivity contribution in [1.82, 2.24) is 15.1 Å². The van der Waals surface area contributed by atoms with Gasteiger partial charge in [-0.25, -0.2) is 0 Å². The molecule has 2 rings (SSSR count). The fraction of sp³-hybridized carbons (Fsp3) is 0.636. The molecule has 0 unspecified atom stereocenters. The number of hydrogen-bond donors (Lipinski definition) is 1. The number of nitrogens with one attached hydrogen (secondary N) is 1. The highest BCUT2D eigenvalue weighted by Gasteiger charge is 2.19. The van der Waals surface area contributed by atoms with E-state index in [-0.39, 0.29) is 11.9 Å². The van der Waals surface area contributed by atoms with Crippen molar-refractivity contribution < 1.29 is 9.53 Å². The van der Waals surface area contributed by atoms with Gasteiger partial charge >= 0.3 is 0 Å². The maximum atomic E-state index is 11.9. The van der Waals surface area contributed by atoms with Crippen LogP contribution in [0.15, 0.2) is 6.20 Å². The van der Waals surface area contributed by atoms with Crippen LogP contribution in [0.1, 0.15) is 28.9 Å². The largest absolute Gasteiger partial charge is 0.381 e. The normalized spacial score (nSPS) is 17.4. The molecule has 5 heteroatoms. The molecule has 1 amide bonds. The molecule has 0 aromatic carbocycles. The van der Waals surface area contributed by atoms with E-state index in [2.05, 4.69) is 10.4 Å². The zero-order valence-electron chi connectivity index (χ0n) is 9.69. The Bertz CT molecular complexity index is 381. The lowest BCUT2D eigenvalue weighted by atomic mass is 10.1. The Morgan fingerprint density at radius 1 is 1.56 bits per heavy atom. The molecule has 0 radical (unpaired) electrons. The molecule has 1 saturated heterocycles. The summed E-state index contributed by atoms with van der Waals surface area (Å²) < 4.78 is 6.90. The Kier molecular flexibility index (Phi) is 3.24. The third-order valence-corrected chi connectivity index (χ3v) is 2.78. The lowest BCUT2D eigenvalue weighted by Gasteiger charge is -2.22. The van der Waals surface area contributed by atoms with E-state index in [0.29, 0.717) is 5.69 Å². The average Bonchev–Trinajstić information content (AvgIpc) is 2.59. The maximum Gasteiger partial charge on any atom is 0.272 e. The third-order valence-electron chi connectivity index (χ3n) is 2.78. The zero-order valence-corrected chi connectivity index (χ0v) is 9.69. The topological polar surface area (TPSA) is 56.2 Å². The van der Waals surface area contributed by atoms with Crippen LogP contribution in [0.25, 0.3) is 0 Å². The molecule has 1 aliphatic heterocycles. The van der Waals surface area contributed by atoms with E-state index in [1.165, 1.54) is 0 Å². The van der Waals surface area contributed by atoms with E-state index in [9.17, 15) is 4.79 Å². The number of nitrogens with zero attached hydrogens (tertiary/aromatic N) is 2. The summed E-state index contributed by atoms with van der Waals surface area (Å²) in [6.07, 6.45) is 3.62. The van der Waals surface area contributed by atoms with Crippen molar-refractivity contribution in [2.45, 2.75) is 25.8 Å². The van der Waals surface area contributed by atoms with Crippen LogP contribution in [0.2, 0.25) is 0 Å². The SMILES string of the molecule is Cc1cn(C)nc1C(=O)NC1CCOCC1. The first-order valence-corrected chi connectivity index (χ1v) is 5.55. The summed E-state index contributed by atoms with van der Waals surface area (Å²) >= 11 is 0. The second-order valence-corrected chi connectivity index (χ2v) is 4.19. The van der Waals surface area contributed by atoms with Gasteiger partial charge < -0.3 is 10.1 Å². The highest BCUT2D eigenvalue weighted by molar-refractivity contribution is 5.93. The third kappa shape index (κ3) is 2.41. The summed E-state index contributed by atoms with van der Waals surface area (Å²) in [5.41, 5.74) is 1.43. The van der Waals surface area contributed by atoms with Gasteiger partial charge in [-0.2, -0.15) is 5.10 Å². The summed E-state index contributed by atoms with van der Waals surface area (Å²) in [6.45, 7) is 3.35. The molecular formula is C11H17N3O2. The minimum atomic E-state index is -0.0787. The summed E-state index contributed by atoms with van der Waals surface area (Å²) in [5, 5.41) is 7.14. The van der Waals surface area contributed by atoms with Gasteiger partial charge in [-0.05, 0) is 19.8 Å². The van der Waals surface area contributed by atoms with Crippen molar-refractivity contribution in [3.63, 3.8) is 0 Å². The van der Waals surface area contributed by atoms with Gasteiger partial charge in [0.1, 0.15) is 0 Å². The number of amides is 1. The molecule has 1 fully saturated rings. The molecule has 1 aliphatic rings. The van der Waals surface area contributed by atoms with Crippen molar-refractivity contribution in [3.8, 4) is 0 Å². The van der Waals surface area contributed by atoms with E-state index < -0.39 is 0 Å². The molecule has 16 heavy (non-hydrogen) atoms. The van der Waals surface area contributed by atoms with Crippen molar-refractivity contribution in [1.29, 1.82) is 0 Å². The van der Waals surface area contributed by atoms with Gasteiger partial charge in [0.25, 0.3) is 5.91 Å². The van der Waals surface area contributed by atoms with E-state index in [1.807, 2.05) is 20.2 Å². The Morgan fingerprint density at radius 2 is 2.25 bits per heavy atom. The highest BCUT2D eigenvalue weighted by atomic mass is 16.5. The Morgan fingerprint density at radius 3 is 2.81 bits per heavy atom. The summed E-state index contributed by atoms with van der Waals surface area (Å²) in [6, 6.07) is 0.225. The highest BCUT2D eigenvalue weighted by Crippen LogP contribution is 2.09. The van der Waals surface area contributed by atoms with Crippen molar-refractivity contribution in [3.05, 3.63) is 17.5 Å². The predicted octanol–water partition coefficient (Wildman–Crippen LogP) is 0.637. The standard InChI is InChI=1S/C11H17N3O2/c1-8-7-14(2)13-10(8)11(15)12-9-3-5-16-6-4-9/h7,9H,3-6H2,1-2H3,(H,12,15). The molecule has 1 aromatic rings. The van der Waals surface area contributed by atoms with Crippen LogP contribution in [0.3, 0.4) is 0 Å². The van der Waals surface area contributed by atoms with Gasteiger partial charge in [0, 0.05) is 38.1 Å². The van der Waals surface area contributed by atoms with Gasteiger partial charge in [0.05, 0.1) is 0 Å². The van der Waals surface area contributed by atoms with Crippen LogP contribution in [-0.2, 0) is 11.8 Å². The second-order valence-electron chi connectivity index (χ2n) is 4.19. The van der Waals surface area contributed by atoms with Gasteiger partial charge in [0.15, 0.2) is 5.69 Å². The van der Waals surface area contributed by atoms with Crippen molar-refractivity contribution in [2.75, 3.05) is 13.2 Å². The molecule has 0 aliphatic carbocycles. The number of aromatic nitrogens is 2. The Labute approximate surface area is 94.8 Å². The van der Waals surface area contributed by atoms with Crippen LogP contribution in [0, 0.1) is 6.92 Å². The van der Waals surface area contributed by atoms with Crippen LogP contribution in [0.4, 0.5) is 0 Å². The number of ether oxygens (including phenoxy) is 1. The first-order valence-electron chi connectivity index (χ1n) is 5.55. The van der Waals surface area contributed by atoms with Crippen molar-refractivity contribution >= 4 is 5.91 Å². The van der Waals surface area contributed by atoms with Gasteiger partial charge in [-0.15, -0.1) is 0 Å². The molecule has 0 atom stereocenters. The minimum Gasteiger partial charge on any atom is -0.381 e. The van der Waals surface area contributed by atoms with Crippen LogP contribution in [0.5, 0.6) is 0 Å². The minimum absolute atomic E-state index is 0.0787. The second kappa shape index (κ2) is 4.65.